The van der Waals surface area contributed by atoms with Crippen LogP contribution in [0.1, 0.15) is 33.2 Å². The number of rotatable bonds is 6. The summed E-state index contributed by atoms with van der Waals surface area (Å²) in [5, 5.41) is 5.59. The summed E-state index contributed by atoms with van der Waals surface area (Å²) in [6.45, 7) is 3.84. The molecule has 0 aromatic heterocycles. The van der Waals surface area contributed by atoms with Gasteiger partial charge < -0.3 is 20.1 Å². The van der Waals surface area contributed by atoms with Gasteiger partial charge in [-0.3, -0.25) is 9.59 Å². The van der Waals surface area contributed by atoms with E-state index < -0.39 is 6.16 Å². The van der Waals surface area contributed by atoms with Gasteiger partial charge in [-0.25, -0.2) is 4.79 Å². The zero-order valence-electron chi connectivity index (χ0n) is 17.2. The van der Waals surface area contributed by atoms with Crippen molar-refractivity contribution in [2.24, 2.45) is 0 Å². The molecule has 3 rings (SSSR count). The van der Waals surface area contributed by atoms with E-state index in [0.717, 1.165) is 5.56 Å². The van der Waals surface area contributed by atoms with Crippen molar-refractivity contribution in [1.29, 1.82) is 0 Å². The summed E-state index contributed by atoms with van der Waals surface area (Å²) in [5.74, 6) is -0.304. The van der Waals surface area contributed by atoms with Crippen molar-refractivity contribution in [2.75, 3.05) is 17.2 Å². The number of aryl methyl sites for hydroxylation is 1. The van der Waals surface area contributed by atoms with E-state index in [0.29, 0.717) is 22.5 Å². The zero-order chi connectivity index (χ0) is 22.2. The van der Waals surface area contributed by atoms with Crippen molar-refractivity contribution in [3.63, 3.8) is 0 Å². The first kappa shape index (κ1) is 21.6. The maximum Gasteiger partial charge on any atom is 0.513 e. The fraction of sp³-hybridized carbons (Fsp3) is 0.125. The SMILES string of the molecule is CCOC(=O)Oc1ccc(C(=O)Nc2cccc(NC(=O)c3ccc(C)cc3)c2)cc1. The summed E-state index contributed by atoms with van der Waals surface area (Å²) < 4.78 is 9.67. The van der Waals surface area contributed by atoms with Crippen molar-refractivity contribution in [2.45, 2.75) is 13.8 Å². The first-order chi connectivity index (χ1) is 14.9. The number of nitrogens with one attached hydrogen (secondary N) is 2. The molecule has 0 saturated heterocycles. The quantitative estimate of drug-likeness (QED) is 0.432. The normalized spacial score (nSPS) is 10.1. The van der Waals surface area contributed by atoms with Gasteiger partial charge in [0.1, 0.15) is 5.75 Å². The summed E-state index contributed by atoms with van der Waals surface area (Å²) in [6.07, 6.45) is -0.802. The molecule has 0 spiro atoms. The number of benzene rings is 3. The Bertz CT molecular complexity index is 1080. The standard InChI is InChI=1S/C24H22N2O5/c1-3-30-24(29)31-21-13-11-18(12-14-21)23(28)26-20-6-4-5-19(15-20)25-22(27)17-9-7-16(2)8-10-17/h4-15H,3H2,1-2H3,(H,25,27)(H,26,28). The highest BCUT2D eigenvalue weighted by molar-refractivity contribution is 6.06. The van der Waals surface area contributed by atoms with Gasteiger partial charge in [-0.05, 0) is 68.4 Å². The molecule has 31 heavy (non-hydrogen) atoms. The summed E-state index contributed by atoms with van der Waals surface area (Å²) in [7, 11) is 0. The third-order valence-corrected chi connectivity index (χ3v) is 4.27. The van der Waals surface area contributed by atoms with Gasteiger partial charge in [0, 0.05) is 22.5 Å². The predicted octanol–water partition coefficient (Wildman–Crippen LogP) is 5.03. The third-order valence-electron chi connectivity index (χ3n) is 4.27. The van der Waals surface area contributed by atoms with Crippen LogP contribution in [0.15, 0.2) is 72.8 Å². The minimum absolute atomic E-state index is 0.212. The summed E-state index contributed by atoms with van der Waals surface area (Å²) in [4.78, 5) is 36.2. The Morgan fingerprint density at radius 3 is 1.81 bits per heavy atom. The Labute approximate surface area is 180 Å². The van der Waals surface area contributed by atoms with Crippen LogP contribution in [0.2, 0.25) is 0 Å². The molecule has 0 aliphatic carbocycles. The largest absolute Gasteiger partial charge is 0.513 e. The van der Waals surface area contributed by atoms with Gasteiger partial charge in [-0.15, -0.1) is 0 Å². The monoisotopic (exact) mass is 418 g/mol. The fourth-order valence-corrected chi connectivity index (χ4v) is 2.70. The van der Waals surface area contributed by atoms with Crippen LogP contribution in [0.3, 0.4) is 0 Å². The minimum atomic E-state index is -0.802. The lowest BCUT2D eigenvalue weighted by molar-refractivity contribution is 0.101. The summed E-state index contributed by atoms with van der Waals surface area (Å²) in [5.41, 5.74) is 3.08. The van der Waals surface area contributed by atoms with Crippen LogP contribution < -0.4 is 15.4 Å². The van der Waals surface area contributed by atoms with E-state index in [9.17, 15) is 14.4 Å². The molecule has 0 radical (unpaired) electrons. The van der Waals surface area contributed by atoms with Gasteiger partial charge in [0.2, 0.25) is 0 Å². The molecule has 0 bridgehead atoms. The van der Waals surface area contributed by atoms with Crippen LogP contribution in [0.25, 0.3) is 0 Å². The van der Waals surface area contributed by atoms with Crippen molar-refractivity contribution in [1.82, 2.24) is 0 Å². The summed E-state index contributed by atoms with van der Waals surface area (Å²) >= 11 is 0. The lowest BCUT2D eigenvalue weighted by atomic mass is 10.1. The van der Waals surface area contributed by atoms with Gasteiger partial charge in [-0.2, -0.15) is 0 Å². The molecule has 2 amide bonds. The molecule has 7 nitrogen and oxygen atoms in total. The van der Waals surface area contributed by atoms with Crippen molar-refractivity contribution in [3.05, 3.63) is 89.5 Å². The molecule has 0 heterocycles. The molecule has 0 atom stereocenters. The van der Waals surface area contributed by atoms with Crippen LogP contribution in [0.5, 0.6) is 5.75 Å². The Kier molecular flexibility index (Phi) is 7.01. The molecule has 0 fully saturated rings. The molecule has 3 aromatic rings. The Hall–Kier alpha value is -4.13. The Balaban J connectivity index is 1.62. The lowest BCUT2D eigenvalue weighted by Gasteiger charge is -2.10. The molecule has 0 saturated carbocycles. The van der Waals surface area contributed by atoms with Crippen molar-refractivity contribution in [3.8, 4) is 5.75 Å². The molecule has 0 aliphatic heterocycles. The van der Waals surface area contributed by atoms with E-state index >= 15 is 0 Å². The lowest BCUT2D eigenvalue weighted by Crippen LogP contribution is -2.14. The van der Waals surface area contributed by atoms with Gasteiger partial charge in [0.05, 0.1) is 6.61 Å². The maximum absolute atomic E-state index is 12.5. The summed E-state index contributed by atoms with van der Waals surface area (Å²) in [6, 6.07) is 20.2. The second kappa shape index (κ2) is 10.1. The molecule has 158 valence electrons. The second-order valence-corrected chi connectivity index (χ2v) is 6.66. The Morgan fingerprint density at radius 1 is 0.774 bits per heavy atom. The smallest absolute Gasteiger partial charge is 0.434 e. The van der Waals surface area contributed by atoms with Gasteiger partial charge in [-0.1, -0.05) is 23.8 Å². The number of amides is 2. The van der Waals surface area contributed by atoms with Gasteiger partial charge in [0.15, 0.2) is 0 Å². The van der Waals surface area contributed by atoms with Gasteiger partial charge >= 0.3 is 6.16 Å². The van der Waals surface area contributed by atoms with Crippen LogP contribution in [-0.2, 0) is 4.74 Å². The predicted molar refractivity (Wildman–Crippen MR) is 118 cm³/mol. The second-order valence-electron chi connectivity index (χ2n) is 6.66. The van der Waals surface area contributed by atoms with E-state index in [-0.39, 0.29) is 24.2 Å². The van der Waals surface area contributed by atoms with Crippen LogP contribution in [-0.4, -0.2) is 24.6 Å². The van der Waals surface area contributed by atoms with Crippen molar-refractivity contribution >= 4 is 29.3 Å². The molecule has 7 heteroatoms. The highest BCUT2D eigenvalue weighted by atomic mass is 16.7. The van der Waals surface area contributed by atoms with E-state index in [1.54, 1.807) is 43.3 Å². The molecular formula is C24H22N2O5. The molecular weight excluding hydrogens is 396 g/mol. The van der Waals surface area contributed by atoms with E-state index in [4.69, 9.17) is 9.47 Å². The first-order valence-corrected chi connectivity index (χ1v) is 9.68. The average molecular weight is 418 g/mol. The van der Waals surface area contributed by atoms with Crippen LogP contribution in [0.4, 0.5) is 16.2 Å². The number of anilines is 2. The van der Waals surface area contributed by atoms with Crippen molar-refractivity contribution < 1.29 is 23.9 Å². The molecule has 0 unspecified atom stereocenters. The highest BCUT2D eigenvalue weighted by Gasteiger charge is 2.10. The van der Waals surface area contributed by atoms with Crippen LogP contribution >= 0.6 is 0 Å². The van der Waals surface area contributed by atoms with Crippen LogP contribution in [0, 0.1) is 6.92 Å². The van der Waals surface area contributed by atoms with E-state index in [1.807, 2.05) is 19.1 Å². The number of hydrogen-bond acceptors (Lipinski definition) is 5. The molecule has 2 N–H and O–H groups in total. The fourth-order valence-electron chi connectivity index (χ4n) is 2.70. The first-order valence-electron chi connectivity index (χ1n) is 9.68. The zero-order valence-corrected chi connectivity index (χ0v) is 17.2. The number of carbonyl (C=O) groups excluding carboxylic acids is 3. The average Bonchev–Trinajstić information content (AvgIpc) is 2.75. The number of carbonyl (C=O) groups is 3. The maximum atomic E-state index is 12.5. The number of ether oxygens (including phenoxy) is 2. The Morgan fingerprint density at radius 2 is 1.29 bits per heavy atom. The molecule has 3 aromatic carbocycles. The van der Waals surface area contributed by atoms with E-state index in [2.05, 4.69) is 10.6 Å². The highest BCUT2D eigenvalue weighted by Crippen LogP contribution is 2.19. The number of hydrogen-bond donors (Lipinski definition) is 2. The minimum Gasteiger partial charge on any atom is -0.434 e. The van der Waals surface area contributed by atoms with Gasteiger partial charge in [0.25, 0.3) is 11.8 Å². The molecule has 0 aliphatic rings. The van der Waals surface area contributed by atoms with E-state index in [1.165, 1.54) is 24.3 Å². The topological polar surface area (TPSA) is 93.7 Å². The third kappa shape index (κ3) is 6.17.